The third-order valence-electron chi connectivity index (χ3n) is 2.74. The molecule has 1 unspecified atom stereocenters. The first-order valence-corrected chi connectivity index (χ1v) is 5.76. The van der Waals surface area contributed by atoms with Crippen molar-refractivity contribution < 1.29 is 5.11 Å². The lowest BCUT2D eigenvalue weighted by Crippen LogP contribution is -2.04. The smallest absolute Gasteiger partial charge is 0.107 e. The molecule has 0 heterocycles. The van der Waals surface area contributed by atoms with Gasteiger partial charge in [0.15, 0.2) is 0 Å². The fourth-order valence-electron chi connectivity index (χ4n) is 1.81. The zero-order chi connectivity index (χ0) is 12.4. The third-order valence-corrected chi connectivity index (χ3v) is 3.08. The molecule has 0 aromatic heterocycles. The summed E-state index contributed by atoms with van der Waals surface area (Å²) < 4.78 is 0. The molecule has 0 saturated carbocycles. The Morgan fingerprint density at radius 2 is 1.82 bits per heavy atom. The van der Waals surface area contributed by atoms with E-state index < -0.39 is 6.10 Å². The lowest BCUT2D eigenvalue weighted by atomic mass is 9.99. The molecular formula is C14H14ClNO. The van der Waals surface area contributed by atoms with E-state index in [2.05, 4.69) is 0 Å². The Balaban J connectivity index is 2.44. The number of nitrogens with two attached hydrogens (primary N) is 1. The Labute approximate surface area is 106 Å². The predicted octanol–water partition coefficient (Wildman–Crippen LogP) is 3.31. The number of aryl methyl sites for hydroxylation is 1. The van der Waals surface area contributed by atoms with Crippen LogP contribution in [0.15, 0.2) is 42.5 Å². The third kappa shape index (κ3) is 2.43. The van der Waals surface area contributed by atoms with E-state index in [4.69, 9.17) is 17.3 Å². The van der Waals surface area contributed by atoms with Crippen molar-refractivity contribution in [1.29, 1.82) is 0 Å². The fraction of sp³-hybridized carbons (Fsp3) is 0.143. The van der Waals surface area contributed by atoms with Crippen molar-refractivity contribution in [1.82, 2.24) is 0 Å². The van der Waals surface area contributed by atoms with Crippen molar-refractivity contribution in [3.8, 4) is 0 Å². The maximum absolute atomic E-state index is 10.3. The van der Waals surface area contributed by atoms with E-state index in [1.165, 1.54) is 0 Å². The average molecular weight is 248 g/mol. The molecule has 0 amide bonds. The quantitative estimate of drug-likeness (QED) is 0.800. The molecule has 1 atom stereocenters. The number of rotatable bonds is 2. The van der Waals surface area contributed by atoms with Gasteiger partial charge in [-0.15, -0.1) is 0 Å². The molecule has 3 heteroatoms. The van der Waals surface area contributed by atoms with Gasteiger partial charge in [0.2, 0.25) is 0 Å². The number of aliphatic hydroxyl groups is 1. The highest BCUT2D eigenvalue weighted by Crippen LogP contribution is 2.31. The summed E-state index contributed by atoms with van der Waals surface area (Å²) in [5.41, 5.74) is 8.91. The highest BCUT2D eigenvalue weighted by molar-refractivity contribution is 6.31. The Hall–Kier alpha value is -1.51. The second-order valence-corrected chi connectivity index (χ2v) is 4.46. The molecular weight excluding hydrogens is 234 g/mol. The molecule has 0 fully saturated rings. The summed E-state index contributed by atoms with van der Waals surface area (Å²) in [7, 11) is 0. The second kappa shape index (κ2) is 4.78. The molecule has 2 aromatic rings. The molecule has 2 rings (SSSR count). The van der Waals surface area contributed by atoms with Gasteiger partial charge in [-0.25, -0.2) is 0 Å². The Morgan fingerprint density at radius 1 is 1.12 bits per heavy atom. The SMILES string of the molecule is Cc1ccc(C(O)c2ccccc2Cl)c(N)c1. The number of anilines is 1. The van der Waals surface area contributed by atoms with Gasteiger partial charge in [0.1, 0.15) is 6.10 Å². The van der Waals surface area contributed by atoms with Crippen molar-refractivity contribution >= 4 is 17.3 Å². The number of aliphatic hydroxyl groups excluding tert-OH is 1. The Morgan fingerprint density at radius 3 is 2.47 bits per heavy atom. The number of nitrogen functional groups attached to an aromatic ring is 1. The maximum atomic E-state index is 10.3. The average Bonchev–Trinajstić information content (AvgIpc) is 2.29. The minimum Gasteiger partial charge on any atom is -0.398 e. The van der Waals surface area contributed by atoms with Gasteiger partial charge in [-0.2, -0.15) is 0 Å². The Bertz CT molecular complexity index is 539. The topological polar surface area (TPSA) is 46.2 Å². The monoisotopic (exact) mass is 247 g/mol. The van der Waals surface area contributed by atoms with Crippen LogP contribution in [-0.4, -0.2) is 5.11 Å². The van der Waals surface area contributed by atoms with E-state index in [0.717, 1.165) is 5.56 Å². The largest absolute Gasteiger partial charge is 0.398 e. The number of hydrogen-bond acceptors (Lipinski definition) is 2. The second-order valence-electron chi connectivity index (χ2n) is 4.06. The van der Waals surface area contributed by atoms with E-state index >= 15 is 0 Å². The summed E-state index contributed by atoms with van der Waals surface area (Å²) >= 11 is 6.05. The predicted molar refractivity (Wildman–Crippen MR) is 71.1 cm³/mol. The van der Waals surface area contributed by atoms with Crippen molar-refractivity contribution in [2.75, 3.05) is 5.73 Å². The van der Waals surface area contributed by atoms with Crippen LogP contribution < -0.4 is 5.73 Å². The molecule has 0 aliphatic rings. The van der Waals surface area contributed by atoms with Crippen LogP contribution in [0.1, 0.15) is 22.8 Å². The molecule has 0 saturated heterocycles. The standard InChI is InChI=1S/C14H14ClNO/c1-9-6-7-11(13(16)8-9)14(17)10-4-2-3-5-12(10)15/h2-8,14,17H,16H2,1H3. The number of benzene rings is 2. The highest BCUT2D eigenvalue weighted by atomic mass is 35.5. The summed E-state index contributed by atoms with van der Waals surface area (Å²) in [5.74, 6) is 0. The summed E-state index contributed by atoms with van der Waals surface area (Å²) in [6.45, 7) is 1.96. The van der Waals surface area contributed by atoms with E-state index in [1.807, 2.05) is 37.3 Å². The minimum absolute atomic E-state index is 0.542. The van der Waals surface area contributed by atoms with Crippen molar-refractivity contribution in [3.63, 3.8) is 0 Å². The maximum Gasteiger partial charge on any atom is 0.107 e. The van der Waals surface area contributed by atoms with Gasteiger partial charge >= 0.3 is 0 Å². The van der Waals surface area contributed by atoms with E-state index in [9.17, 15) is 5.11 Å². The van der Waals surface area contributed by atoms with E-state index in [-0.39, 0.29) is 0 Å². The molecule has 88 valence electrons. The van der Waals surface area contributed by atoms with Crippen molar-refractivity contribution in [3.05, 3.63) is 64.2 Å². The van der Waals surface area contributed by atoms with Crippen LogP contribution in [0.25, 0.3) is 0 Å². The van der Waals surface area contributed by atoms with Gasteiger partial charge < -0.3 is 10.8 Å². The molecule has 3 N–H and O–H groups in total. The van der Waals surface area contributed by atoms with Crippen LogP contribution in [-0.2, 0) is 0 Å². The van der Waals surface area contributed by atoms with Crippen LogP contribution in [0.4, 0.5) is 5.69 Å². The number of hydrogen-bond donors (Lipinski definition) is 2. The zero-order valence-corrected chi connectivity index (χ0v) is 10.3. The molecule has 2 nitrogen and oxygen atoms in total. The highest BCUT2D eigenvalue weighted by Gasteiger charge is 2.15. The molecule has 0 bridgehead atoms. The van der Waals surface area contributed by atoms with Crippen LogP contribution in [0.2, 0.25) is 5.02 Å². The van der Waals surface area contributed by atoms with Gasteiger partial charge in [-0.1, -0.05) is 41.9 Å². The Kier molecular flexibility index (Phi) is 3.36. The van der Waals surface area contributed by atoms with Gasteiger partial charge in [0.25, 0.3) is 0 Å². The lowest BCUT2D eigenvalue weighted by Gasteiger charge is -2.15. The van der Waals surface area contributed by atoms with Crippen LogP contribution in [0, 0.1) is 6.92 Å². The van der Waals surface area contributed by atoms with E-state index in [1.54, 1.807) is 12.1 Å². The molecule has 0 aliphatic carbocycles. The summed E-state index contributed by atoms with van der Waals surface area (Å²) in [4.78, 5) is 0. The van der Waals surface area contributed by atoms with Crippen LogP contribution in [0.5, 0.6) is 0 Å². The van der Waals surface area contributed by atoms with Crippen molar-refractivity contribution in [2.24, 2.45) is 0 Å². The van der Waals surface area contributed by atoms with Gasteiger partial charge in [0, 0.05) is 21.8 Å². The van der Waals surface area contributed by atoms with Crippen molar-refractivity contribution in [2.45, 2.75) is 13.0 Å². The fourth-order valence-corrected chi connectivity index (χ4v) is 2.05. The van der Waals surface area contributed by atoms with Gasteiger partial charge in [0.05, 0.1) is 0 Å². The van der Waals surface area contributed by atoms with Gasteiger partial charge in [-0.3, -0.25) is 0 Å². The molecule has 17 heavy (non-hydrogen) atoms. The van der Waals surface area contributed by atoms with Crippen LogP contribution in [0.3, 0.4) is 0 Å². The first-order chi connectivity index (χ1) is 8.09. The minimum atomic E-state index is -0.788. The molecule has 2 aromatic carbocycles. The molecule has 0 spiro atoms. The summed E-state index contributed by atoms with van der Waals surface area (Å²) in [6.07, 6.45) is -0.788. The lowest BCUT2D eigenvalue weighted by molar-refractivity contribution is 0.221. The first kappa shape index (κ1) is 12.0. The normalized spacial score (nSPS) is 12.4. The first-order valence-electron chi connectivity index (χ1n) is 5.38. The number of halogens is 1. The molecule has 0 radical (unpaired) electrons. The van der Waals surface area contributed by atoms with E-state index in [0.29, 0.717) is 21.8 Å². The summed E-state index contributed by atoms with van der Waals surface area (Å²) in [5, 5.41) is 10.8. The summed E-state index contributed by atoms with van der Waals surface area (Å²) in [6, 6.07) is 12.8. The molecule has 0 aliphatic heterocycles. The zero-order valence-electron chi connectivity index (χ0n) is 9.52. The van der Waals surface area contributed by atoms with Gasteiger partial charge in [-0.05, 0) is 24.6 Å². The van der Waals surface area contributed by atoms with Crippen LogP contribution >= 0.6 is 11.6 Å².